The monoisotopic (exact) mass is 234 g/mol. The topological polar surface area (TPSA) is 95.0 Å². The van der Waals surface area contributed by atoms with Gasteiger partial charge in [-0.2, -0.15) is 5.26 Å². The smallest absolute Gasteiger partial charge is 0.144 e. The Hall–Kier alpha value is -1.80. The third kappa shape index (κ3) is 2.86. The molecule has 0 amide bonds. The van der Waals surface area contributed by atoms with Gasteiger partial charge in [0.2, 0.25) is 0 Å². The molecule has 1 aromatic rings. The maximum absolute atomic E-state index is 9.46. The number of aliphatic hydroxyl groups is 1. The molecule has 4 N–H and O–H groups in total. The zero-order valence-corrected chi connectivity index (χ0v) is 10.2. The molecule has 0 saturated heterocycles. The van der Waals surface area contributed by atoms with E-state index < -0.39 is 5.54 Å². The summed E-state index contributed by atoms with van der Waals surface area (Å²) in [7, 11) is 0. The lowest BCUT2D eigenvalue weighted by Gasteiger charge is -2.31. The van der Waals surface area contributed by atoms with Crippen molar-refractivity contribution in [3.8, 4) is 6.07 Å². The summed E-state index contributed by atoms with van der Waals surface area (Å²) in [4.78, 5) is 4.11. The second-order valence-electron chi connectivity index (χ2n) is 4.05. The first-order valence-corrected chi connectivity index (χ1v) is 5.65. The summed E-state index contributed by atoms with van der Waals surface area (Å²) < 4.78 is 0. The number of anilines is 2. The number of nitrogens with zero attached hydrogens (tertiary/aromatic N) is 2. The predicted molar refractivity (Wildman–Crippen MR) is 67.4 cm³/mol. The van der Waals surface area contributed by atoms with Crippen molar-refractivity contribution >= 4 is 11.5 Å². The first kappa shape index (κ1) is 13.3. The molecule has 92 valence electrons. The molecule has 1 rings (SSSR count). The summed E-state index contributed by atoms with van der Waals surface area (Å²) in [5.41, 5.74) is 5.98. The van der Waals surface area contributed by atoms with E-state index in [0.29, 0.717) is 17.1 Å². The van der Waals surface area contributed by atoms with Gasteiger partial charge in [0.25, 0.3) is 0 Å². The van der Waals surface area contributed by atoms with E-state index in [2.05, 4.69) is 10.3 Å². The average Bonchev–Trinajstić information content (AvgIpc) is 2.37. The Balaban J connectivity index is 3.06. The molecule has 5 nitrogen and oxygen atoms in total. The lowest BCUT2D eigenvalue weighted by atomic mass is 9.93. The van der Waals surface area contributed by atoms with Gasteiger partial charge in [-0.25, -0.2) is 4.98 Å². The normalized spacial score (nSPS) is 10.9. The molecule has 0 aliphatic heterocycles. The summed E-state index contributed by atoms with van der Waals surface area (Å²) >= 11 is 0. The molecule has 0 aromatic carbocycles. The molecule has 1 heterocycles. The Kier molecular flexibility index (Phi) is 4.30. The lowest BCUT2D eigenvalue weighted by Crippen LogP contribution is -2.41. The van der Waals surface area contributed by atoms with E-state index in [9.17, 15) is 5.11 Å². The van der Waals surface area contributed by atoms with E-state index >= 15 is 0 Å². The van der Waals surface area contributed by atoms with Crippen LogP contribution in [0, 0.1) is 11.3 Å². The van der Waals surface area contributed by atoms with E-state index in [-0.39, 0.29) is 6.61 Å². The minimum absolute atomic E-state index is 0.00305. The zero-order chi connectivity index (χ0) is 12.9. The summed E-state index contributed by atoms with van der Waals surface area (Å²) in [6.45, 7) is 3.96. The highest BCUT2D eigenvalue weighted by molar-refractivity contribution is 5.58. The summed E-state index contributed by atoms with van der Waals surface area (Å²) in [5.74, 6) is 0.472. The number of nitrogens with one attached hydrogen (secondary N) is 1. The first-order chi connectivity index (χ1) is 8.10. The Morgan fingerprint density at radius 2 is 2.18 bits per heavy atom. The lowest BCUT2D eigenvalue weighted by molar-refractivity contribution is 0.202. The van der Waals surface area contributed by atoms with Gasteiger partial charge in [0.15, 0.2) is 0 Å². The van der Waals surface area contributed by atoms with Gasteiger partial charge in [0.05, 0.1) is 29.6 Å². The second kappa shape index (κ2) is 5.51. The van der Waals surface area contributed by atoms with Gasteiger partial charge in [-0.1, -0.05) is 13.8 Å². The van der Waals surface area contributed by atoms with Crippen molar-refractivity contribution in [2.45, 2.75) is 32.2 Å². The molecular weight excluding hydrogens is 216 g/mol. The van der Waals surface area contributed by atoms with Crippen LogP contribution in [0.25, 0.3) is 0 Å². The molecule has 0 aliphatic carbocycles. The standard InChI is InChI=1S/C12H18N4O/c1-3-12(4-2,8-17)16-11-9(6-13)5-10(14)7-15-11/h5,7,17H,3-4,8,14H2,1-2H3,(H,15,16). The van der Waals surface area contributed by atoms with Gasteiger partial charge in [0.1, 0.15) is 11.9 Å². The van der Waals surface area contributed by atoms with Crippen molar-refractivity contribution in [3.63, 3.8) is 0 Å². The summed E-state index contributed by atoms with van der Waals surface area (Å²) in [6.07, 6.45) is 2.99. The largest absolute Gasteiger partial charge is 0.397 e. The van der Waals surface area contributed by atoms with Gasteiger partial charge in [-0.05, 0) is 18.9 Å². The fourth-order valence-electron chi connectivity index (χ4n) is 1.61. The third-order valence-corrected chi connectivity index (χ3v) is 3.07. The van der Waals surface area contributed by atoms with Crippen LogP contribution in [0.5, 0.6) is 0 Å². The van der Waals surface area contributed by atoms with Crippen LogP contribution in [0.4, 0.5) is 11.5 Å². The number of aromatic nitrogens is 1. The van der Waals surface area contributed by atoms with Crippen LogP contribution in [-0.2, 0) is 0 Å². The van der Waals surface area contributed by atoms with Gasteiger partial charge in [-0.3, -0.25) is 0 Å². The summed E-state index contributed by atoms with van der Waals surface area (Å²) in [5, 5.41) is 21.6. The highest BCUT2D eigenvalue weighted by Crippen LogP contribution is 2.23. The van der Waals surface area contributed by atoms with Crippen molar-refractivity contribution in [1.29, 1.82) is 5.26 Å². The zero-order valence-electron chi connectivity index (χ0n) is 10.2. The molecular formula is C12H18N4O. The maximum Gasteiger partial charge on any atom is 0.144 e. The first-order valence-electron chi connectivity index (χ1n) is 5.65. The van der Waals surface area contributed by atoms with E-state index in [0.717, 1.165) is 12.8 Å². The quantitative estimate of drug-likeness (QED) is 0.717. The number of nitrogens with two attached hydrogens (primary N) is 1. The molecule has 0 fully saturated rings. The third-order valence-electron chi connectivity index (χ3n) is 3.07. The van der Waals surface area contributed by atoms with E-state index in [1.165, 1.54) is 6.20 Å². The fraction of sp³-hybridized carbons (Fsp3) is 0.500. The van der Waals surface area contributed by atoms with Crippen LogP contribution in [0.3, 0.4) is 0 Å². The SMILES string of the molecule is CCC(CC)(CO)Nc1ncc(N)cc1C#N. The van der Waals surface area contributed by atoms with Crippen LogP contribution < -0.4 is 11.1 Å². The van der Waals surface area contributed by atoms with E-state index in [4.69, 9.17) is 11.0 Å². The number of rotatable bonds is 5. The van der Waals surface area contributed by atoms with Crippen molar-refractivity contribution in [2.24, 2.45) is 0 Å². The van der Waals surface area contributed by atoms with Crippen molar-refractivity contribution in [1.82, 2.24) is 4.98 Å². The van der Waals surface area contributed by atoms with Crippen molar-refractivity contribution < 1.29 is 5.11 Å². The predicted octanol–water partition coefficient (Wildman–Crippen LogP) is 1.50. The molecule has 0 saturated carbocycles. The minimum Gasteiger partial charge on any atom is -0.397 e. The van der Waals surface area contributed by atoms with Gasteiger partial charge in [-0.15, -0.1) is 0 Å². The number of nitriles is 1. The van der Waals surface area contributed by atoms with Crippen LogP contribution in [0.1, 0.15) is 32.3 Å². The van der Waals surface area contributed by atoms with Crippen molar-refractivity contribution in [3.05, 3.63) is 17.8 Å². The van der Waals surface area contributed by atoms with E-state index in [1.807, 2.05) is 19.9 Å². The molecule has 0 bridgehead atoms. The van der Waals surface area contributed by atoms with Crippen LogP contribution in [0.2, 0.25) is 0 Å². The highest BCUT2D eigenvalue weighted by Gasteiger charge is 2.26. The molecule has 1 aromatic heterocycles. The Morgan fingerprint density at radius 3 is 2.65 bits per heavy atom. The number of hydrogen-bond acceptors (Lipinski definition) is 5. The highest BCUT2D eigenvalue weighted by atomic mass is 16.3. The molecule has 17 heavy (non-hydrogen) atoms. The average molecular weight is 234 g/mol. The Morgan fingerprint density at radius 1 is 1.53 bits per heavy atom. The van der Waals surface area contributed by atoms with Crippen molar-refractivity contribution in [2.75, 3.05) is 17.7 Å². The van der Waals surface area contributed by atoms with Crippen LogP contribution >= 0.6 is 0 Å². The molecule has 0 atom stereocenters. The molecule has 5 heteroatoms. The van der Waals surface area contributed by atoms with Gasteiger partial charge >= 0.3 is 0 Å². The van der Waals surface area contributed by atoms with Gasteiger partial charge in [0, 0.05) is 0 Å². The fourth-order valence-corrected chi connectivity index (χ4v) is 1.61. The van der Waals surface area contributed by atoms with Crippen LogP contribution in [0.15, 0.2) is 12.3 Å². The van der Waals surface area contributed by atoms with Gasteiger partial charge < -0.3 is 16.2 Å². The van der Waals surface area contributed by atoms with E-state index in [1.54, 1.807) is 6.07 Å². The number of aliphatic hydroxyl groups excluding tert-OH is 1. The number of pyridine rings is 1. The summed E-state index contributed by atoms with van der Waals surface area (Å²) in [6, 6.07) is 3.62. The second-order valence-corrected chi connectivity index (χ2v) is 4.05. The minimum atomic E-state index is -0.436. The number of hydrogen-bond donors (Lipinski definition) is 3. The molecule has 0 spiro atoms. The molecule has 0 unspecified atom stereocenters. The molecule has 0 radical (unpaired) electrons. The van der Waals surface area contributed by atoms with Crippen LogP contribution in [-0.4, -0.2) is 22.2 Å². The maximum atomic E-state index is 9.46. The Bertz CT molecular complexity index is 413. The molecule has 0 aliphatic rings. The Labute approximate surface area is 101 Å². The number of nitrogen functional groups attached to an aromatic ring is 1.